The number of carbonyl (C=O) groups is 1. The first kappa shape index (κ1) is 11.1. The van der Waals surface area contributed by atoms with Crippen LogP contribution in [0.5, 0.6) is 5.75 Å². The van der Waals surface area contributed by atoms with Gasteiger partial charge in [-0.25, -0.2) is 0 Å². The van der Waals surface area contributed by atoms with Crippen LogP contribution in [0.1, 0.15) is 13.3 Å². The Morgan fingerprint density at radius 3 is 2.62 bits per heavy atom. The second-order valence-corrected chi connectivity index (χ2v) is 4.40. The van der Waals surface area contributed by atoms with E-state index in [1.54, 1.807) is 6.92 Å². The minimum Gasteiger partial charge on any atom is -0.427 e. The van der Waals surface area contributed by atoms with Crippen molar-refractivity contribution >= 4 is 32.7 Å². The molecule has 0 aromatic heterocycles. The lowest BCUT2D eigenvalue weighted by Crippen LogP contribution is -2.05. The fraction of sp³-hybridized carbons (Fsp3) is 0.154. The maximum absolute atomic E-state index is 11.1. The van der Waals surface area contributed by atoms with E-state index < -0.39 is 0 Å². The van der Waals surface area contributed by atoms with Gasteiger partial charge in [0.05, 0.1) is 0 Å². The Morgan fingerprint density at radius 1 is 1.19 bits per heavy atom. The average Bonchev–Trinajstić information content (AvgIpc) is 2.29. The molecule has 0 amide bonds. The van der Waals surface area contributed by atoms with Crippen molar-refractivity contribution in [1.29, 1.82) is 0 Å². The van der Waals surface area contributed by atoms with Gasteiger partial charge in [0, 0.05) is 10.9 Å². The monoisotopic (exact) mass is 278 g/mol. The lowest BCUT2D eigenvalue weighted by atomic mass is 10.1. The fourth-order valence-corrected chi connectivity index (χ4v) is 1.84. The third-order valence-electron chi connectivity index (χ3n) is 2.29. The molecular formula is C13H11BrO2. The predicted octanol–water partition coefficient (Wildman–Crippen LogP) is 3.92. The quantitative estimate of drug-likeness (QED) is 0.615. The molecule has 0 aliphatic carbocycles. The van der Waals surface area contributed by atoms with E-state index in [0.717, 1.165) is 15.2 Å². The highest BCUT2D eigenvalue weighted by Crippen LogP contribution is 2.24. The summed E-state index contributed by atoms with van der Waals surface area (Å²) in [7, 11) is 0. The van der Waals surface area contributed by atoms with Crippen LogP contribution in [0.2, 0.25) is 0 Å². The summed E-state index contributed by atoms with van der Waals surface area (Å²) in [5, 5.41) is 2.18. The van der Waals surface area contributed by atoms with Crippen LogP contribution in [0.4, 0.5) is 0 Å². The smallest absolute Gasteiger partial charge is 0.310 e. The van der Waals surface area contributed by atoms with Gasteiger partial charge < -0.3 is 4.74 Å². The third kappa shape index (κ3) is 2.42. The number of hydrogen-bond acceptors (Lipinski definition) is 2. The third-order valence-corrected chi connectivity index (χ3v) is 2.79. The van der Waals surface area contributed by atoms with Gasteiger partial charge in [-0.05, 0) is 35.0 Å². The van der Waals surface area contributed by atoms with Crippen LogP contribution in [0, 0.1) is 0 Å². The fourth-order valence-electron chi connectivity index (χ4n) is 1.46. The molecule has 3 heteroatoms. The first-order valence-electron chi connectivity index (χ1n) is 5.09. The molecule has 2 aromatic rings. The second kappa shape index (κ2) is 4.66. The summed E-state index contributed by atoms with van der Waals surface area (Å²) in [5.41, 5.74) is 0. The Bertz CT molecular complexity index is 534. The molecule has 2 aromatic carbocycles. The molecule has 2 nitrogen and oxygen atoms in total. The van der Waals surface area contributed by atoms with E-state index in [4.69, 9.17) is 4.74 Å². The van der Waals surface area contributed by atoms with Crippen molar-refractivity contribution in [2.45, 2.75) is 13.3 Å². The lowest BCUT2D eigenvalue weighted by Gasteiger charge is -2.04. The number of carbonyl (C=O) groups excluding carboxylic acids is 1. The Balaban J connectivity index is 2.37. The molecule has 0 unspecified atom stereocenters. The van der Waals surface area contributed by atoms with Crippen LogP contribution in [-0.4, -0.2) is 5.97 Å². The molecule has 0 aliphatic rings. The highest BCUT2D eigenvalue weighted by molar-refractivity contribution is 9.10. The summed E-state index contributed by atoms with van der Waals surface area (Å²) in [6.07, 6.45) is 0.387. The molecule has 0 fully saturated rings. The second-order valence-electron chi connectivity index (χ2n) is 3.48. The number of esters is 1. The molecule has 0 spiro atoms. The summed E-state index contributed by atoms with van der Waals surface area (Å²) in [6.45, 7) is 1.78. The topological polar surface area (TPSA) is 26.3 Å². The Kier molecular flexibility index (Phi) is 3.25. The summed E-state index contributed by atoms with van der Waals surface area (Å²) in [4.78, 5) is 11.1. The van der Waals surface area contributed by atoms with Crippen LogP contribution in [0.25, 0.3) is 10.8 Å². The van der Waals surface area contributed by atoms with E-state index >= 15 is 0 Å². The zero-order valence-corrected chi connectivity index (χ0v) is 10.5. The Hall–Kier alpha value is -1.35. The molecule has 0 saturated heterocycles. The van der Waals surface area contributed by atoms with Crippen molar-refractivity contribution in [3.05, 3.63) is 40.9 Å². The molecule has 0 saturated carbocycles. The standard InChI is InChI=1S/C13H11BrO2/c1-2-13(15)16-12-6-4-9-7-11(14)5-3-10(9)8-12/h3-8H,2H2,1H3. The van der Waals surface area contributed by atoms with E-state index in [1.165, 1.54) is 0 Å². The van der Waals surface area contributed by atoms with E-state index in [0.29, 0.717) is 12.2 Å². The van der Waals surface area contributed by atoms with E-state index in [1.807, 2.05) is 36.4 Å². The number of fused-ring (bicyclic) bond motifs is 1. The van der Waals surface area contributed by atoms with Gasteiger partial charge in [-0.2, -0.15) is 0 Å². The van der Waals surface area contributed by atoms with Crippen LogP contribution in [0.15, 0.2) is 40.9 Å². The van der Waals surface area contributed by atoms with Gasteiger partial charge in [-0.15, -0.1) is 0 Å². The van der Waals surface area contributed by atoms with Crippen molar-refractivity contribution in [1.82, 2.24) is 0 Å². The number of halogens is 1. The van der Waals surface area contributed by atoms with Gasteiger partial charge in [0.2, 0.25) is 0 Å². The molecule has 0 N–H and O–H groups in total. The van der Waals surface area contributed by atoms with E-state index in [9.17, 15) is 4.79 Å². The number of rotatable bonds is 2. The normalized spacial score (nSPS) is 10.4. The minimum absolute atomic E-state index is 0.212. The largest absolute Gasteiger partial charge is 0.427 e. The van der Waals surface area contributed by atoms with Crippen molar-refractivity contribution in [2.75, 3.05) is 0 Å². The SMILES string of the molecule is CCC(=O)Oc1ccc2cc(Br)ccc2c1. The molecule has 16 heavy (non-hydrogen) atoms. The maximum Gasteiger partial charge on any atom is 0.310 e. The number of benzene rings is 2. The van der Waals surface area contributed by atoms with Crippen molar-refractivity contribution < 1.29 is 9.53 Å². The molecule has 0 heterocycles. The number of hydrogen-bond donors (Lipinski definition) is 0. The van der Waals surface area contributed by atoms with Gasteiger partial charge >= 0.3 is 5.97 Å². The van der Waals surface area contributed by atoms with Crippen molar-refractivity contribution in [3.63, 3.8) is 0 Å². The van der Waals surface area contributed by atoms with Crippen LogP contribution < -0.4 is 4.74 Å². The van der Waals surface area contributed by atoms with Gasteiger partial charge in [0.1, 0.15) is 5.75 Å². The van der Waals surface area contributed by atoms with Crippen LogP contribution >= 0.6 is 15.9 Å². The van der Waals surface area contributed by atoms with Gasteiger partial charge in [0.15, 0.2) is 0 Å². The molecule has 0 atom stereocenters. The molecule has 2 rings (SSSR count). The summed E-state index contributed by atoms with van der Waals surface area (Å²) in [6, 6.07) is 11.6. The lowest BCUT2D eigenvalue weighted by molar-refractivity contribution is -0.134. The van der Waals surface area contributed by atoms with Crippen molar-refractivity contribution in [2.24, 2.45) is 0 Å². The van der Waals surface area contributed by atoms with E-state index in [2.05, 4.69) is 15.9 Å². The van der Waals surface area contributed by atoms with Gasteiger partial charge in [-0.3, -0.25) is 4.79 Å². The summed E-state index contributed by atoms with van der Waals surface area (Å²) in [5.74, 6) is 0.387. The first-order valence-corrected chi connectivity index (χ1v) is 5.88. The van der Waals surface area contributed by atoms with Gasteiger partial charge in [-0.1, -0.05) is 35.0 Å². The highest BCUT2D eigenvalue weighted by atomic mass is 79.9. The maximum atomic E-state index is 11.1. The van der Waals surface area contributed by atoms with Crippen molar-refractivity contribution in [3.8, 4) is 5.75 Å². The zero-order valence-electron chi connectivity index (χ0n) is 8.87. The zero-order chi connectivity index (χ0) is 11.5. The Labute approximate surface area is 102 Å². The molecule has 0 radical (unpaired) electrons. The molecule has 0 aliphatic heterocycles. The summed E-state index contributed by atoms with van der Waals surface area (Å²) < 4.78 is 6.19. The van der Waals surface area contributed by atoms with E-state index in [-0.39, 0.29) is 5.97 Å². The Morgan fingerprint density at radius 2 is 1.88 bits per heavy atom. The van der Waals surface area contributed by atoms with Gasteiger partial charge in [0.25, 0.3) is 0 Å². The average molecular weight is 279 g/mol. The minimum atomic E-state index is -0.212. The molecule has 0 bridgehead atoms. The predicted molar refractivity (Wildman–Crippen MR) is 67.6 cm³/mol. The number of ether oxygens (including phenoxy) is 1. The first-order chi connectivity index (χ1) is 7.69. The van der Waals surface area contributed by atoms with Crippen LogP contribution in [0.3, 0.4) is 0 Å². The summed E-state index contributed by atoms with van der Waals surface area (Å²) >= 11 is 3.42. The molecule has 82 valence electrons. The molecular weight excluding hydrogens is 268 g/mol. The van der Waals surface area contributed by atoms with Crippen LogP contribution in [-0.2, 0) is 4.79 Å². The highest BCUT2D eigenvalue weighted by Gasteiger charge is 2.02.